The van der Waals surface area contributed by atoms with E-state index in [-0.39, 0.29) is 6.04 Å². The number of imidazole rings is 1. The molecular weight excluding hydrogens is 208 g/mol. The Bertz CT molecular complexity index is 524. The first-order chi connectivity index (χ1) is 7.77. The quantitative estimate of drug-likeness (QED) is 0.564. The second-order valence-electron chi connectivity index (χ2n) is 3.88. The first-order valence-electron chi connectivity index (χ1n) is 5.09. The number of aliphatic hydroxyl groups excluding tert-OH is 1. The number of nitrogen functional groups attached to an aromatic ring is 1. The largest absolute Gasteiger partial charge is 0.390 e. The van der Waals surface area contributed by atoms with Crippen LogP contribution in [0.2, 0.25) is 0 Å². The van der Waals surface area contributed by atoms with Crippen molar-refractivity contribution in [2.24, 2.45) is 0 Å². The molecule has 1 saturated heterocycles. The third-order valence-corrected chi connectivity index (χ3v) is 2.90. The average molecular weight is 220 g/mol. The number of hydrogen-bond donors (Lipinski definition) is 3. The average Bonchev–Trinajstić information content (AvgIpc) is 2.84. The molecule has 7 nitrogen and oxygen atoms in total. The SMILES string of the molecule is Nc1ncnc2c1ncn2[C@@H]1CNC[C@H]1O. The molecule has 16 heavy (non-hydrogen) atoms. The zero-order chi connectivity index (χ0) is 11.1. The van der Waals surface area contributed by atoms with Crippen molar-refractivity contribution < 1.29 is 5.11 Å². The van der Waals surface area contributed by atoms with Crippen LogP contribution in [-0.2, 0) is 0 Å². The molecule has 4 N–H and O–H groups in total. The lowest BCUT2D eigenvalue weighted by molar-refractivity contribution is 0.152. The highest BCUT2D eigenvalue weighted by Crippen LogP contribution is 2.22. The van der Waals surface area contributed by atoms with Gasteiger partial charge in [0.15, 0.2) is 11.5 Å². The van der Waals surface area contributed by atoms with Gasteiger partial charge in [0.25, 0.3) is 0 Å². The van der Waals surface area contributed by atoms with Crippen LogP contribution in [0.5, 0.6) is 0 Å². The summed E-state index contributed by atoms with van der Waals surface area (Å²) in [5.41, 5.74) is 6.95. The lowest BCUT2D eigenvalue weighted by Crippen LogP contribution is -2.21. The fraction of sp³-hybridized carbons (Fsp3) is 0.444. The van der Waals surface area contributed by atoms with E-state index in [1.165, 1.54) is 6.33 Å². The smallest absolute Gasteiger partial charge is 0.165 e. The van der Waals surface area contributed by atoms with Crippen LogP contribution in [0, 0.1) is 0 Å². The predicted octanol–water partition coefficient (Wildman–Crippen LogP) is -1.09. The molecule has 2 atom stereocenters. The van der Waals surface area contributed by atoms with Gasteiger partial charge in [-0.2, -0.15) is 0 Å². The lowest BCUT2D eigenvalue weighted by Gasteiger charge is -2.15. The minimum absolute atomic E-state index is 0.0423. The Morgan fingerprint density at radius 2 is 2.25 bits per heavy atom. The van der Waals surface area contributed by atoms with Gasteiger partial charge in [0, 0.05) is 13.1 Å². The molecule has 1 aliphatic rings. The van der Waals surface area contributed by atoms with Crippen molar-refractivity contribution in [3.63, 3.8) is 0 Å². The Balaban J connectivity index is 2.14. The van der Waals surface area contributed by atoms with Crippen molar-refractivity contribution in [3.05, 3.63) is 12.7 Å². The van der Waals surface area contributed by atoms with Gasteiger partial charge < -0.3 is 20.7 Å². The number of aliphatic hydroxyl groups is 1. The van der Waals surface area contributed by atoms with Crippen molar-refractivity contribution >= 4 is 17.0 Å². The molecule has 2 aromatic heterocycles. The van der Waals surface area contributed by atoms with Gasteiger partial charge in [-0.3, -0.25) is 0 Å². The standard InChI is InChI=1S/C9H12N6O/c10-8-7-9(13-3-12-8)15(4-14-7)5-1-11-2-6(5)16/h3-6,11,16H,1-2H2,(H2,10,12,13)/t5-,6-/m1/s1. The van der Waals surface area contributed by atoms with E-state index in [0.29, 0.717) is 30.1 Å². The Kier molecular flexibility index (Phi) is 2.01. The van der Waals surface area contributed by atoms with Crippen LogP contribution in [0.1, 0.15) is 6.04 Å². The summed E-state index contributed by atoms with van der Waals surface area (Å²) in [5.74, 6) is 0.365. The molecule has 0 aromatic carbocycles. The van der Waals surface area contributed by atoms with E-state index < -0.39 is 6.10 Å². The summed E-state index contributed by atoms with van der Waals surface area (Å²) in [5, 5.41) is 12.9. The highest BCUT2D eigenvalue weighted by Gasteiger charge is 2.28. The number of fused-ring (bicyclic) bond motifs is 1. The molecule has 1 fully saturated rings. The minimum atomic E-state index is -0.423. The minimum Gasteiger partial charge on any atom is -0.390 e. The van der Waals surface area contributed by atoms with Crippen molar-refractivity contribution in [3.8, 4) is 0 Å². The highest BCUT2D eigenvalue weighted by molar-refractivity contribution is 5.81. The van der Waals surface area contributed by atoms with Gasteiger partial charge in [0.2, 0.25) is 0 Å². The summed E-state index contributed by atoms with van der Waals surface area (Å²) in [6.45, 7) is 1.29. The molecule has 0 spiro atoms. The lowest BCUT2D eigenvalue weighted by atomic mass is 10.2. The van der Waals surface area contributed by atoms with Gasteiger partial charge in [-0.05, 0) is 0 Å². The molecule has 0 aliphatic carbocycles. The van der Waals surface area contributed by atoms with E-state index >= 15 is 0 Å². The van der Waals surface area contributed by atoms with Crippen molar-refractivity contribution in [1.29, 1.82) is 0 Å². The van der Waals surface area contributed by atoms with Gasteiger partial charge in [-0.25, -0.2) is 15.0 Å². The van der Waals surface area contributed by atoms with Gasteiger partial charge in [0.05, 0.1) is 18.5 Å². The van der Waals surface area contributed by atoms with Gasteiger partial charge >= 0.3 is 0 Å². The van der Waals surface area contributed by atoms with E-state index in [1.54, 1.807) is 6.33 Å². The molecule has 0 radical (unpaired) electrons. The van der Waals surface area contributed by atoms with E-state index in [1.807, 2.05) is 4.57 Å². The van der Waals surface area contributed by atoms with Crippen LogP contribution in [0.3, 0.4) is 0 Å². The summed E-state index contributed by atoms with van der Waals surface area (Å²) >= 11 is 0. The summed E-state index contributed by atoms with van der Waals surface area (Å²) in [6, 6.07) is -0.0423. The predicted molar refractivity (Wildman–Crippen MR) is 57.6 cm³/mol. The fourth-order valence-electron chi connectivity index (χ4n) is 2.05. The zero-order valence-electron chi connectivity index (χ0n) is 8.54. The van der Waals surface area contributed by atoms with Crippen LogP contribution in [-0.4, -0.2) is 43.8 Å². The Labute approximate surface area is 91.3 Å². The van der Waals surface area contributed by atoms with Crippen molar-refractivity contribution in [1.82, 2.24) is 24.8 Å². The Morgan fingerprint density at radius 1 is 1.38 bits per heavy atom. The van der Waals surface area contributed by atoms with Crippen LogP contribution in [0.4, 0.5) is 5.82 Å². The molecule has 0 bridgehead atoms. The van der Waals surface area contributed by atoms with E-state index in [0.717, 1.165) is 0 Å². The van der Waals surface area contributed by atoms with Crippen LogP contribution < -0.4 is 11.1 Å². The number of hydrogen-bond acceptors (Lipinski definition) is 6. The van der Waals surface area contributed by atoms with Gasteiger partial charge in [0.1, 0.15) is 11.8 Å². The number of nitrogens with zero attached hydrogens (tertiary/aromatic N) is 4. The number of nitrogens with two attached hydrogens (primary N) is 1. The van der Waals surface area contributed by atoms with E-state index in [9.17, 15) is 5.11 Å². The first-order valence-corrected chi connectivity index (χ1v) is 5.09. The van der Waals surface area contributed by atoms with E-state index in [4.69, 9.17) is 5.73 Å². The molecular formula is C9H12N6O. The molecule has 84 valence electrons. The number of anilines is 1. The molecule has 0 amide bonds. The molecule has 3 rings (SSSR count). The van der Waals surface area contributed by atoms with E-state index in [2.05, 4.69) is 20.3 Å². The maximum Gasteiger partial charge on any atom is 0.165 e. The zero-order valence-corrected chi connectivity index (χ0v) is 8.54. The van der Waals surface area contributed by atoms with Crippen LogP contribution in [0.25, 0.3) is 11.2 Å². The number of nitrogens with one attached hydrogen (secondary N) is 1. The summed E-state index contributed by atoms with van der Waals surface area (Å²) in [4.78, 5) is 12.2. The maximum atomic E-state index is 9.80. The molecule has 7 heteroatoms. The summed E-state index contributed by atoms with van der Waals surface area (Å²) in [7, 11) is 0. The van der Waals surface area contributed by atoms with Crippen LogP contribution >= 0.6 is 0 Å². The van der Waals surface area contributed by atoms with Gasteiger partial charge in [-0.1, -0.05) is 0 Å². The molecule has 3 heterocycles. The number of aromatic nitrogens is 4. The monoisotopic (exact) mass is 220 g/mol. The second-order valence-corrected chi connectivity index (χ2v) is 3.88. The molecule has 1 aliphatic heterocycles. The third kappa shape index (κ3) is 1.25. The third-order valence-electron chi connectivity index (χ3n) is 2.90. The molecule has 0 saturated carbocycles. The second kappa shape index (κ2) is 3.39. The summed E-state index contributed by atoms with van der Waals surface area (Å²) in [6.07, 6.45) is 2.63. The van der Waals surface area contributed by atoms with Crippen LogP contribution in [0.15, 0.2) is 12.7 Å². The maximum absolute atomic E-state index is 9.80. The Morgan fingerprint density at radius 3 is 3.00 bits per heavy atom. The highest BCUT2D eigenvalue weighted by atomic mass is 16.3. The Hall–Kier alpha value is -1.73. The molecule has 2 aromatic rings. The fourth-order valence-corrected chi connectivity index (χ4v) is 2.05. The first kappa shape index (κ1) is 9.49. The molecule has 0 unspecified atom stereocenters. The summed E-state index contributed by atoms with van der Waals surface area (Å²) < 4.78 is 1.85. The number of β-amino-alcohol motifs (C(OH)–C–C–N with tert-alkyl or cyclic N) is 1. The number of rotatable bonds is 1. The topological polar surface area (TPSA) is 102 Å². The van der Waals surface area contributed by atoms with Crippen molar-refractivity contribution in [2.75, 3.05) is 18.8 Å². The normalized spacial score (nSPS) is 25.3. The van der Waals surface area contributed by atoms with Crippen molar-refractivity contribution in [2.45, 2.75) is 12.1 Å². The van der Waals surface area contributed by atoms with Gasteiger partial charge in [-0.15, -0.1) is 0 Å².